The van der Waals surface area contributed by atoms with Crippen LogP contribution >= 0.6 is 23.2 Å². The number of hydrazone groups is 1. The fourth-order valence-corrected chi connectivity index (χ4v) is 2.43. The molecule has 0 spiro atoms. The van der Waals surface area contributed by atoms with Crippen LogP contribution in [0.2, 0.25) is 10.0 Å². The molecule has 27 heavy (non-hydrogen) atoms. The first-order valence-corrected chi connectivity index (χ1v) is 8.53. The minimum absolute atomic E-state index is 0.261. The van der Waals surface area contributed by atoms with Crippen LogP contribution in [0.5, 0.6) is 0 Å². The number of halogens is 2. The van der Waals surface area contributed by atoms with Crippen LogP contribution in [-0.4, -0.2) is 30.6 Å². The molecule has 0 aliphatic carbocycles. The van der Waals surface area contributed by atoms with Gasteiger partial charge in [-0.25, -0.2) is 10.2 Å². The average molecular weight is 408 g/mol. The molecule has 9 heteroatoms. The Hall–Kier alpha value is -2.90. The highest BCUT2D eigenvalue weighted by Gasteiger charge is 2.14. The normalized spacial score (nSPS) is 10.5. The first-order valence-electron chi connectivity index (χ1n) is 7.78. The van der Waals surface area contributed by atoms with Crippen LogP contribution in [-0.2, 0) is 14.3 Å². The lowest BCUT2D eigenvalue weighted by Crippen LogP contribution is -2.32. The highest BCUT2D eigenvalue weighted by atomic mass is 35.5. The van der Waals surface area contributed by atoms with Gasteiger partial charge in [0.25, 0.3) is 0 Å². The van der Waals surface area contributed by atoms with Crippen LogP contribution in [0.15, 0.2) is 47.6 Å². The van der Waals surface area contributed by atoms with Crippen molar-refractivity contribution >= 4 is 52.9 Å². The molecule has 2 aromatic rings. The number of ether oxygens (including phenoxy) is 1. The monoisotopic (exact) mass is 407 g/mol. The van der Waals surface area contributed by atoms with Gasteiger partial charge in [0.1, 0.15) is 0 Å². The van der Waals surface area contributed by atoms with Gasteiger partial charge in [0, 0.05) is 11.3 Å². The summed E-state index contributed by atoms with van der Waals surface area (Å²) in [5.74, 6) is -2.38. The van der Waals surface area contributed by atoms with Crippen molar-refractivity contribution in [2.45, 2.75) is 6.92 Å². The summed E-state index contributed by atoms with van der Waals surface area (Å²) >= 11 is 11.9. The number of rotatable bonds is 5. The molecule has 2 amide bonds. The molecule has 0 unspecified atom stereocenters. The van der Waals surface area contributed by atoms with Gasteiger partial charge in [-0.3, -0.25) is 9.59 Å². The molecule has 0 fully saturated rings. The summed E-state index contributed by atoms with van der Waals surface area (Å²) in [5, 5.41) is 6.76. The molecule has 0 aliphatic heterocycles. The van der Waals surface area contributed by atoms with Crippen molar-refractivity contribution in [3.63, 3.8) is 0 Å². The van der Waals surface area contributed by atoms with E-state index < -0.39 is 17.8 Å². The highest BCUT2D eigenvalue weighted by Crippen LogP contribution is 2.22. The Bertz CT molecular complexity index is 862. The summed E-state index contributed by atoms with van der Waals surface area (Å²) in [5.41, 5.74) is 3.16. The molecule has 0 aliphatic rings. The fourth-order valence-electron chi connectivity index (χ4n) is 1.93. The number of carbonyl (C=O) groups excluding carboxylic acids is 3. The highest BCUT2D eigenvalue weighted by molar-refractivity contribution is 6.40. The summed E-state index contributed by atoms with van der Waals surface area (Å²) in [4.78, 5) is 35.2. The van der Waals surface area contributed by atoms with Gasteiger partial charge in [-0.15, -0.1) is 0 Å². The molecule has 0 aromatic heterocycles. The molecule has 0 radical (unpaired) electrons. The maximum Gasteiger partial charge on any atom is 0.338 e. The van der Waals surface area contributed by atoms with Gasteiger partial charge in [0.15, 0.2) is 0 Å². The Labute approximate surface area is 165 Å². The molecule has 0 saturated heterocycles. The van der Waals surface area contributed by atoms with E-state index in [1.165, 1.54) is 30.5 Å². The molecule has 2 rings (SSSR count). The standard InChI is InChI=1S/C18H15Cl2N3O4/c1-2-27-18(26)11-6-8-12(9-7-11)22-16(24)17(25)23-21-10-13-14(19)4-3-5-15(13)20/h3-10H,2H2,1H3,(H,22,24)(H,23,25). The molecule has 0 saturated carbocycles. The smallest absolute Gasteiger partial charge is 0.338 e. The van der Waals surface area contributed by atoms with Gasteiger partial charge in [-0.2, -0.15) is 5.10 Å². The number of carbonyl (C=O) groups is 3. The van der Waals surface area contributed by atoms with Crippen molar-refractivity contribution in [1.29, 1.82) is 0 Å². The number of amides is 2. The molecule has 0 bridgehead atoms. The van der Waals surface area contributed by atoms with Gasteiger partial charge in [-0.05, 0) is 43.3 Å². The molecule has 7 nitrogen and oxygen atoms in total. The summed E-state index contributed by atoms with van der Waals surface area (Å²) in [6.07, 6.45) is 1.24. The number of anilines is 1. The van der Waals surface area contributed by atoms with E-state index >= 15 is 0 Å². The zero-order chi connectivity index (χ0) is 19.8. The van der Waals surface area contributed by atoms with Crippen LogP contribution in [0, 0.1) is 0 Å². The largest absolute Gasteiger partial charge is 0.462 e. The van der Waals surface area contributed by atoms with E-state index in [9.17, 15) is 14.4 Å². The van der Waals surface area contributed by atoms with E-state index in [2.05, 4.69) is 15.8 Å². The van der Waals surface area contributed by atoms with Gasteiger partial charge in [0.05, 0.1) is 28.4 Å². The minimum Gasteiger partial charge on any atom is -0.462 e. The molecule has 0 atom stereocenters. The molecular formula is C18H15Cl2N3O4. The first kappa shape index (κ1) is 20.4. The summed E-state index contributed by atoms with van der Waals surface area (Å²) in [7, 11) is 0. The van der Waals surface area contributed by atoms with E-state index in [1.54, 1.807) is 25.1 Å². The van der Waals surface area contributed by atoms with Crippen LogP contribution in [0.4, 0.5) is 5.69 Å². The average Bonchev–Trinajstić information content (AvgIpc) is 2.64. The second-order valence-corrected chi connectivity index (χ2v) is 5.90. The van der Waals surface area contributed by atoms with E-state index in [0.717, 1.165) is 0 Å². The second kappa shape index (κ2) is 9.70. The maximum absolute atomic E-state index is 11.9. The lowest BCUT2D eigenvalue weighted by Gasteiger charge is -2.06. The van der Waals surface area contributed by atoms with Gasteiger partial charge in [0.2, 0.25) is 0 Å². The second-order valence-electron chi connectivity index (χ2n) is 5.09. The summed E-state index contributed by atoms with van der Waals surface area (Å²) < 4.78 is 4.86. The zero-order valence-corrected chi connectivity index (χ0v) is 15.7. The van der Waals surface area contributed by atoms with E-state index in [4.69, 9.17) is 27.9 Å². The number of nitrogens with zero attached hydrogens (tertiary/aromatic N) is 1. The number of esters is 1. The maximum atomic E-state index is 11.9. The van der Waals surface area contributed by atoms with Gasteiger partial charge >= 0.3 is 17.8 Å². The molecular weight excluding hydrogens is 393 g/mol. The Morgan fingerprint density at radius 2 is 1.67 bits per heavy atom. The van der Waals surface area contributed by atoms with Crippen LogP contribution in [0.3, 0.4) is 0 Å². The van der Waals surface area contributed by atoms with Crippen molar-refractivity contribution in [3.05, 3.63) is 63.6 Å². The third kappa shape index (κ3) is 5.80. The molecule has 2 aromatic carbocycles. The van der Waals surface area contributed by atoms with Crippen LogP contribution in [0.25, 0.3) is 0 Å². The van der Waals surface area contributed by atoms with Crippen molar-refractivity contribution in [3.8, 4) is 0 Å². The predicted octanol–water partition coefficient (Wildman–Crippen LogP) is 3.26. The fraction of sp³-hybridized carbons (Fsp3) is 0.111. The Morgan fingerprint density at radius 3 is 2.26 bits per heavy atom. The van der Waals surface area contributed by atoms with Crippen LogP contribution < -0.4 is 10.7 Å². The van der Waals surface area contributed by atoms with Crippen molar-refractivity contribution in [2.24, 2.45) is 5.10 Å². The van der Waals surface area contributed by atoms with Gasteiger partial charge in [-0.1, -0.05) is 29.3 Å². The van der Waals surface area contributed by atoms with Gasteiger partial charge < -0.3 is 10.1 Å². The number of nitrogens with one attached hydrogen (secondary N) is 2. The summed E-state index contributed by atoms with van der Waals surface area (Å²) in [6, 6.07) is 10.8. The Balaban J connectivity index is 1.93. The minimum atomic E-state index is -0.983. The molecule has 0 heterocycles. The van der Waals surface area contributed by atoms with Crippen LogP contribution in [0.1, 0.15) is 22.8 Å². The number of hydrogen-bond donors (Lipinski definition) is 2. The lowest BCUT2D eigenvalue weighted by molar-refractivity contribution is -0.136. The Morgan fingerprint density at radius 1 is 1.04 bits per heavy atom. The first-order chi connectivity index (χ1) is 12.9. The molecule has 2 N–H and O–H groups in total. The SMILES string of the molecule is CCOC(=O)c1ccc(NC(=O)C(=O)NN=Cc2c(Cl)cccc2Cl)cc1. The summed E-state index contributed by atoms with van der Waals surface area (Å²) in [6.45, 7) is 1.96. The quantitative estimate of drug-likeness (QED) is 0.344. The third-order valence-corrected chi connectivity index (χ3v) is 3.88. The van der Waals surface area contributed by atoms with E-state index in [0.29, 0.717) is 26.9 Å². The lowest BCUT2D eigenvalue weighted by atomic mass is 10.2. The topological polar surface area (TPSA) is 96.9 Å². The number of hydrogen-bond acceptors (Lipinski definition) is 5. The third-order valence-electron chi connectivity index (χ3n) is 3.22. The van der Waals surface area contributed by atoms with Crippen molar-refractivity contribution in [1.82, 2.24) is 5.43 Å². The van der Waals surface area contributed by atoms with E-state index in [-0.39, 0.29) is 6.61 Å². The predicted molar refractivity (Wildman–Crippen MR) is 103 cm³/mol. The Kier molecular flexibility index (Phi) is 7.34. The number of benzene rings is 2. The molecule has 140 valence electrons. The zero-order valence-electron chi connectivity index (χ0n) is 14.2. The van der Waals surface area contributed by atoms with Crippen molar-refractivity contribution in [2.75, 3.05) is 11.9 Å². The van der Waals surface area contributed by atoms with Crippen molar-refractivity contribution < 1.29 is 19.1 Å². The van der Waals surface area contributed by atoms with E-state index in [1.807, 2.05) is 0 Å².